The Labute approximate surface area is 137 Å². The molecule has 4 nitrogen and oxygen atoms in total. The van der Waals surface area contributed by atoms with E-state index in [1.807, 2.05) is 31.3 Å². The zero-order chi connectivity index (χ0) is 15.7. The molecule has 0 radical (unpaired) electrons. The van der Waals surface area contributed by atoms with Gasteiger partial charge in [-0.1, -0.05) is 36.2 Å². The van der Waals surface area contributed by atoms with E-state index in [9.17, 15) is 4.79 Å². The molecule has 3 aromatic rings. The Kier molecular flexibility index (Phi) is 4.05. The van der Waals surface area contributed by atoms with Crippen molar-refractivity contribution in [2.24, 2.45) is 0 Å². The van der Waals surface area contributed by atoms with Gasteiger partial charge in [0.05, 0.1) is 16.4 Å². The van der Waals surface area contributed by atoms with Crippen molar-refractivity contribution in [3.8, 4) is 0 Å². The van der Waals surface area contributed by atoms with Gasteiger partial charge < -0.3 is 5.32 Å². The van der Waals surface area contributed by atoms with Gasteiger partial charge in [-0.3, -0.25) is 9.20 Å². The van der Waals surface area contributed by atoms with Crippen molar-refractivity contribution >= 4 is 40.4 Å². The second kappa shape index (κ2) is 5.99. The Hall–Kier alpha value is -2.04. The normalized spacial score (nSPS) is 10.9. The molecule has 0 saturated carbocycles. The first-order valence-corrected chi connectivity index (χ1v) is 7.58. The maximum Gasteiger partial charge on any atom is 0.274 e. The first-order chi connectivity index (χ1) is 10.6. The summed E-state index contributed by atoms with van der Waals surface area (Å²) in [6.45, 7) is 1.97. The molecule has 0 spiro atoms. The maximum atomic E-state index is 12.6. The Morgan fingerprint density at radius 2 is 2.09 bits per heavy atom. The summed E-state index contributed by atoms with van der Waals surface area (Å²) in [4.78, 5) is 17.1. The summed E-state index contributed by atoms with van der Waals surface area (Å²) >= 11 is 12.0. The Balaban J connectivity index is 2.01. The summed E-state index contributed by atoms with van der Waals surface area (Å²) in [5.74, 6) is -0.250. The second-order valence-electron chi connectivity index (χ2n) is 4.77. The summed E-state index contributed by atoms with van der Waals surface area (Å²) in [7, 11) is 0. The average Bonchev–Trinajstić information content (AvgIpc) is 2.88. The van der Waals surface area contributed by atoms with Crippen LogP contribution in [0.25, 0.3) is 5.65 Å². The van der Waals surface area contributed by atoms with Gasteiger partial charge in [-0.05, 0) is 36.8 Å². The molecule has 0 unspecified atom stereocenters. The van der Waals surface area contributed by atoms with E-state index < -0.39 is 0 Å². The molecule has 112 valence electrons. The maximum absolute atomic E-state index is 12.6. The predicted octanol–water partition coefficient (Wildman–Crippen LogP) is 4.46. The quantitative estimate of drug-likeness (QED) is 0.769. The van der Waals surface area contributed by atoms with Gasteiger partial charge in [-0.2, -0.15) is 0 Å². The number of benzene rings is 1. The topological polar surface area (TPSA) is 46.4 Å². The van der Waals surface area contributed by atoms with E-state index in [0.717, 1.165) is 11.3 Å². The number of aromatic nitrogens is 2. The molecule has 3 rings (SSSR count). The highest BCUT2D eigenvalue weighted by molar-refractivity contribution is 6.36. The lowest BCUT2D eigenvalue weighted by Gasteiger charge is -2.08. The average molecular weight is 334 g/mol. The molecule has 0 fully saturated rings. The molecule has 1 aromatic carbocycles. The van der Waals surface area contributed by atoms with Crippen LogP contribution in [-0.2, 0) is 6.42 Å². The van der Waals surface area contributed by atoms with Crippen molar-refractivity contribution in [3.63, 3.8) is 0 Å². The molecule has 2 aromatic heterocycles. The van der Waals surface area contributed by atoms with Crippen molar-refractivity contribution in [2.45, 2.75) is 13.3 Å². The molecule has 0 aliphatic rings. The lowest BCUT2D eigenvalue weighted by molar-refractivity contribution is 0.102. The van der Waals surface area contributed by atoms with E-state index in [1.165, 1.54) is 0 Å². The van der Waals surface area contributed by atoms with Gasteiger partial charge in [0.2, 0.25) is 0 Å². The lowest BCUT2D eigenvalue weighted by Crippen LogP contribution is -2.16. The molecule has 0 aliphatic heterocycles. The van der Waals surface area contributed by atoms with Gasteiger partial charge in [-0.25, -0.2) is 4.98 Å². The largest absolute Gasteiger partial charge is 0.319 e. The number of fused-ring (bicyclic) bond motifs is 1. The van der Waals surface area contributed by atoms with Crippen LogP contribution in [0.3, 0.4) is 0 Å². The fraction of sp³-hybridized carbons (Fsp3) is 0.125. The number of nitrogens with one attached hydrogen (secondary N) is 1. The highest BCUT2D eigenvalue weighted by Crippen LogP contribution is 2.26. The number of carbonyl (C=O) groups is 1. The molecular formula is C16H13Cl2N3O. The van der Waals surface area contributed by atoms with Gasteiger partial charge in [0.1, 0.15) is 11.3 Å². The third-order valence-electron chi connectivity index (χ3n) is 3.33. The van der Waals surface area contributed by atoms with E-state index >= 15 is 0 Å². The summed E-state index contributed by atoms with van der Waals surface area (Å²) in [6, 6.07) is 10.6. The van der Waals surface area contributed by atoms with Crippen LogP contribution in [0.5, 0.6) is 0 Å². The predicted molar refractivity (Wildman–Crippen MR) is 89.0 cm³/mol. The molecule has 1 amide bonds. The number of nitrogens with zero attached hydrogens (tertiary/aromatic N) is 2. The van der Waals surface area contributed by atoms with Crippen LogP contribution < -0.4 is 5.32 Å². The van der Waals surface area contributed by atoms with Crippen LogP contribution in [0, 0.1) is 0 Å². The standard InChI is InChI=1S/C16H13Cl2N3O/c1-2-12-15(21-8-4-3-5-14(21)19-12)16(22)20-13-7-6-10(17)9-11(13)18/h3-9H,2H2,1H3,(H,20,22). The van der Waals surface area contributed by atoms with Crippen LogP contribution in [0.4, 0.5) is 5.69 Å². The Morgan fingerprint density at radius 3 is 2.82 bits per heavy atom. The molecule has 0 bridgehead atoms. The minimum atomic E-state index is -0.250. The minimum Gasteiger partial charge on any atom is -0.319 e. The van der Waals surface area contributed by atoms with Crippen LogP contribution in [-0.4, -0.2) is 15.3 Å². The van der Waals surface area contributed by atoms with Crippen molar-refractivity contribution in [1.82, 2.24) is 9.38 Å². The minimum absolute atomic E-state index is 0.250. The summed E-state index contributed by atoms with van der Waals surface area (Å²) < 4.78 is 1.78. The fourth-order valence-electron chi connectivity index (χ4n) is 2.30. The molecule has 2 heterocycles. The molecule has 22 heavy (non-hydrogen) atoms. The molecule has 1 N–H and O–H groups in total. The monoisotopic (exact) mass is 333 g/mol. The third kappa shape index (κ3) is 2.67. The van der Waals surface area contributed by atoms with Gasteiger partial charge in [0.15, 0.2) is 0 Å². The number of anilines is 1. The Bertz CT molecular complexity index is 858. The Morgan fingerprint density at radius 1 is 1.27 bits per heavy atom. The van der Waals surface area contributed by atoms with E-state index in [1.54, 1.807) is 22.6 Å². The number of aryl methyl sites for hydroxylation is 1. The highest BCUT2D eigenvalue weighted by Gasteiger charge is 2.18. The van der Waals surface area contributed by atoms with Crippen molar-refractivity contribution in [2.75, 3.05) is 5.32 Å². The number of hydrogen-bond donors (Lipinski definition) is 1. The lowest BCUT2D eigenvalue weighted by atomic mass is 10.2. The third-order valence-corrected chi connectivity index (χ3v) is 3.88. The van der Waals surface area contributed by atoms with E-state index in [2.05, 4.69) is 10.3 Å². The fourth-order valence-corrected chi connectivity index (χ4v) is 2.76. The van der Waals surface area contributed by atoms with Crippen molar-refractivity contribution < 1.29 is 4.79 Å². The smallest absolute Gasteiger partial charge is 0.274 e. The number of carbonyl (C=O) groups excluding carboxylic acids is 1. The van der Waals surface area contributed by atoms with Crippen LogP contribution in [0.2, 0.25) is 10.0 Å². The van der Waals surface area contributed by atoms with Gasteiger partial charge in [0, 0.05) is 11.2 Å². The zero-order valence-electron chi connectivity index (χ0n) is 11.8. The number of amides is 1. The van der Waals surface area contributed by atoms with Crippen LogP contribution in [0.15, 0.2) is 42.6 Å². The molecule has 0 saturated heterocycles. The molecular weight excluding hydrogens is 321 g/mol. The van der Waals surface area contributed by atoms with E-state index in [4.69, 9.17) is 23.2 Å². The van der Waals surface area contributed by atoms with Crippen LogP contribution in [0.1, 0.15) is 23.1 Å². The van der Waals surface area contributed by atoms with Crippen molar-refractivity contribution in [1.29, 1.82) is 0 Å². The first kappa shape index (κ1) is 14.9. The van der Waals surface area contributed by atoms with Gasteiger partial charge in [-0.15, -0.1) is 0 Å². The summed E-state index contributed by atoms with van der Waals surface area (Å²) in [5, 5.41) is 3.73. The number of imidazole rings is 1. The van der Waals surface area contributed by atoms with Crippen LogP contribution >= 0.6 is 23.2 Å². The zero-order valence-corrected chi connectivity index (χ0v) is 13.3. The van der Waals surface area contributed by atoms with Gasteiger partial charge in [0.25, 0.3) is 5.91 Å². The SMILES string of the molecule is CCc1nc2ccccn2c1C(=O)Nc1ccc(Cl)cc1Cl. The molecule has 0 aliphatic carbocycles. The number of rotatable bonds is 3. The number of hydrogen-bond acceptors (Lipinski definition) is 2. The summed E-state index contributed by atoms with van der Waals surface area (Å²) in [5.41, 5.74) is 2.52. The second-order valence-corrected chi connectivity index (χ2v) is 5.61. The molecule has 0 atom stereocenters. The molecule has 6 heteroatoms. The van der Waals surface area contributed by atoms with E-state index in [-0.39, 0.29) is 5.91 Å². The van der Waals surface area contributed by atoms with Gasteiger partial charge >= 0.3 is 0 Å². The first-order valence-electron chi connectivity index (χ1n) is 6.82. The van der Waals surface area contributed by atoms with E-state index in [0.29, 0.717) is 27.8 Å². The summed E-state index contributed by atoms with van der Waals surface area (Å²) in [6.07, 6.45) is 2.48. The highest BCUT2D eigenvalue weighted by atomic mass is 35.5. The number of halogens is 2. The van der Waals surface area contributed by atoms with Crippen molar-refractivity contribution in [3.05, 3.63) is 64.0 Å². The number of pyridine rings is 1.